The van der Waals surface area contributed by atoms with Crippen LogP contribution >= 0.6 is 0 Å². The Kier molecular flexibility index (Phi) is 3.52. The number of nitrogens with zero attached hydrogens (tertiary/aromatic N) is 4. The van der Waals surface area contributed by atoms with Gasteiger partial charge in [-0.15, -0.1) is 0 Å². The van der Waals surface area contributed by atoms with Gasteiger partial charge in [-0.3, -0.25) is 5.10 Å². The Hall–Kier alpha value is -2.67. The summed E-state index contributed by atoms with van der Waals surface area (Å²) in [6.45, 7) is 4.28. The Morgan fingerprint density at radius 3 is 2.88 bits per heavy atom. The molecule has 2 aliphatic rings. The number of piperidine rings is 2. The Labute approximate surface area is 145 Å². The number of rotatable bonds is 3. The van der Waals surface area contributed by atoms with E-state index in [1.807, 2.05) is 30.6 Å². The number of aromatic nitrogens is 4. The van der Waals surface area contributed by atoms with Gasteiger partial charge in [0.1, 0.15) is 5.82 Å². The van der Waals surface area contributed by atoms with Crippen LogP contribution in [0, 0.1) is 11.8 Å². The highest BCUT2D eigenvalue weighted by atomic mass is 15.3. The molecule has 0 radical (unpaired) electrons. The standard InChI is InChI=1S/C18H21N7/c1-2-16-14(9-21-24-16)6-15(1)22-17-3-4-20-18(23-17)25-10-12-5-13(11-25)8-19-7-12/h1-4,6,9,12-13,19H,5,7-8,10-11H2,(H,21,24)(H,20,22,23). The molecule has 0 spiro atoms. The molecule has 0 aliphatic carbocycles. The quantitative estimate of drug-likeness (QED) is 0.680. The van der Waals surface area contributed by atoms with Crippen molar-refractivity contribution in [1.29, 1.82) is 0 Å². The summed E-state index contributed by atoms with van der Waals surface area (Å²) in [6.07, 6.45) is 4.99. The monoisotopic (exact) mass is 335 g/mol. The minimum atomic E-state index is 0.705. The first kappa shape index (κ1) is 14.7. The van der Waals surface area contributed by atoms with Crippen molar-refractivity contribution in [1.82, 2.24) is 25.5 Å². The average Bonchev–Trinajstić information content (AvgIpc) is 3.09. The van der Waals surface area contributed by atoms with Crippen LogP contribution in [-0.2, 0) is 0 Å². The zero-order valence-corrected chi connectivity index (χ0v) is 13.9. The maximum Gasteiger partial charge on any atom is 0.227 e. The highest BCUT2D eigenvalue weighted by Crippen LogP contribution is 2.27. The molecular formula is C18H21N7. The van der Waals surface area contributed by atoms with Crippen LogP contribution in [0.15, 0.2) is 36.7 Å². The lowest BCUT2D eigenvalue weighted by Gasteiger charge is -2.41. The van der Waals surface area contributed by atoms with E-state index in [1.54, 1.807) is 0 Å². The number of nitrogens with one attached hydrogen (secondary N) is 3. The van der Waals surface area contributed by atoms with Crippen molar-refractivity contribution in [2.45, 2.75) is 6.42 Å². The smallest absolute Gasteiger partial charge is 0.227 e. The molecule has 3 N–H and O–H groups in total. The molecule has 2 bridgehead atoms. The maximum atomic E-state index is 4.75. The number of H-pyrrole nitrogens is 1. The average molecular weight is 335 g/mol. The van der Waals surface area contributed by atoms with Crippen LogP contribution in [0.5, 0.6) is 0 Å². The number of hydrogen-bond donors (Lipinski definition) is 3. The maximum absolute atomic E-state index is 4.75. The molecule has 5 rings (SSSR count). The molecule has 4 heterocycles. The predicted octanol–water partition coefficient (Wildman–Crippen LogP) is 2.14. The van der Waals surface area contributed by atoms with Gasteiger partial charge in [0.05, 0.1) is 11.7 Å². The summed E-state index contributed by atoms with van der Waals surface area (Å²) in [4.78, 5) is 11.6. The summed E-state index contributed by atoms with van der Waals surface area (Å²) in [5.74, 6) is 3.06. The molecule has 2 unspecified atom stereocenters. The number of aromatic amines is 1. The van der Waals surface area contributed by atoms with Gasteiger partial charge in [0.2, 0.25) is 5.95 Å². The topological polar surface area (TPSA) is 81.8 Å². The van der Waals surface area contributed by atoms with Crippen LogP contribution in [0.1, 0.15) is 6.42 Å². The van der Waals surface area contributed by atoms with E-state index >= 15 is 0 Å². The number of fused-ring (bicyclic) bond motifs is 3. The fraction of sp³-hybridized carbons (Fsp3) is 0.389. The second kappa shape index (κ2) is 6.00. The molecule has 2 aromatic heterocycles. The van der Waals surface area contributed by atoms with E-state index < -0.39 is 0 Å². The van der Waals surface area contributed by atoms with Gasteiger partial charge in [0, 0.05) is 30.4 Å². The molecule has 25 heavy (non-hydrogen) atoms. The molecule has 2 atom stereocenters. The van der Waals surface area contributed by atoms with Crippen molar-refractivity contribution < 1.29 is 0 Å². The Balaban J connectivity index is 1.37. The summed E-state index contributed by atoms with van der Waals surface area (Å²) in [6, 6.07) is 8.03. The van der Waals surface area contributed by atoms with E-state index in [1.165, 1.54) is 6.42 Å². The first-order chi connectivity index (χ1) is 12.3. The van der Waals surface area contributed by atoms with Crippen molar-refractivity contribution in [2.24, 2.45) is 11.8 Å². The van der Waals surface area contributed by atoms with Gasteiger partial charge in [0.15, 0.2) is 0 Å². The van der Waals surface area contributed by atoms with E-state index in [2.05, 4.69) is 36.8 Å². The Morgan fingerprint density at radius 2 is 2.00 bits per heavy atom. The fourth-order valence-corrected chi connectivity index (χ4v) is 4.01. The zero-order valence-electron chi connectivity index (χ0n) is 13.9. The molecular weight excluding hydrogens is 314 g/mol. The second-order valence-corrected chi connectivity index (χ2v) is 7.07. The molecule has 2 fully saturated rings. The Morgan fingerprint density at radius 1 is 1.12 bits per heavy atom. The highest BCUT2D eigenvalue weighted by Gasteiger charge is 2.31. The lowest BCUT2D eigenvalue weighted by molar-refractivity contribution is 0.248. The minimum absolute atomic E-state index is 0.705. The van der Waals surface area contributed by atoms with Gasteiger partial charge < -0.3 is 15.5 Å². The van der Waals surface area contributed by atoms with E-state index in [4.69, 9.17) is 4.98 Å². The third-order valence-corrected chi connectivity index (χ3v) is 5.13. The third-order valence-electron chi connectivity index (χ3n) is 5.13. The van der Waals surface area contributed by atoms with Crippen molar-refractivity contribution >= 4 is 28.4 Å². The molecule has 1 aromatic carbocycles. The zero-order chi connectivity index (χ0) is 16.6. The molecule has 128 valence electrons. The summed E-state index contributed by atoms with van der Waals surface area (Å²) < 4.78 is 0. The van der Waals surface area contributed by atoms with Crippen LogP contribution in [0.25, 0.3) is 10.9 Å². The van der Waals surface area contributed by atoms with Gasteiger partial charge in [-0.1, -0.05) is 0 Å². The second-order valence-electron chi connectivity index (χ2n) is 7.07. The normalized spacial score (nSPS) is 23.0. The van der Waals surface area contributed by atoms with Crippen molar-refractivity contribution in [3.05, 3.63) is 36.7 Å². The largest absolute Gasteiger partial charge is 0.340 e. The van der Waals surface area contributed by atoms with E-state index in [-0.39, 0.29) is 0 Å². The highest BCUT2D eigenvalue weighted by molar-refractivity contribution is 5.82. The number of benzene rings is 1. The Bertz CT molecular complexity index is 878. The van der Waals surface area contributed by atoms with Gasteiger partial charge in [-0.2, -0.15) is 10.1 Å². The minimum Gasteiger partial charge on any atom is -0.340 e. The molecule has 0 saturated carbocycles. The van der Waals surface area contributed by atoms with Gasteiger partial charge in [-0.25, -0.2) is 4.98 Å². The fourth-order valence-electron chi connectivity index (χ4n) is 4.01. The van der Waals surface area contributed by atoms with Gasteiger partial charge >= 0.3 is 0 Å². The summed E-state index contributed by atoms with van der Waals surface area (Å²) in [5, 5.41) is 15.0. The van der Waals surface area contributed by atoms with Crippen LogP contribution in [-0.4, -0.2) is 46.3 Å². The lowest BCUT2D eigenvalue weighted by Crippen LogP contribution is -2.51. The van der Waals surface area contributed by atoms with E-state index in [0.717, 1.165) is 54.5 Å². The van der Waals surface area contributed by atoms with Crippen molar-refractivity contribution in [3.8, 4) is 0 Å². The summed E-state index contributed by atoms with van der Waals surface area (Å²) in [5.41, 5.74) is 2.03. The summed E-state index contributed by atoms with van der Waals surface area (Å²) >= 11 is 0. The van der Waals surface area contributed by atoms with E-state index in [9.17, 15) is 0 Å². The molecule has 3 aromatic rings. The number of hydrogen-bond acceptors (Lipinski definition) is 6. The lowest BCUT2D eigenvalue weighted by atomic mass is 9.86. The van der Waals surface area contributed by atoms with Crippen LogP contribution in [0.4, 0.5) is 17.5 Å². The first-order valence-electron chi connectivity index (χ1n) is 8.82. The summed E-state index contributed by atoms with van der Waals surface area (Å²) in [7, 11) is 0. The molecule has 7 nitrogen and oxygen atoms in total. The molecule has 2 aliphatic heterocycles. The third kappa shape index (κ3) is 2.91. The van der Waals surface area contributed by atoms with Crippen molar-refractivity contribution in [3.63, 3.8) is 0 Å². The molecule has 0 amide bonds. The number of anilines is 3. The van der Waals surface area contributed by atoms with Crippen LogP contribution in [0.2, 0.25) is 0 Å². The van der Waals surface area contributed by atoms with Crippen LogP contribution in [0.3, 0.4) is 0 Å². The van der Waals surface area contributed by atoms with E-state index in [0.29, 0.717) is 11.8 Å². The van der Waals surface area contributed by atoms with Crippen LogP contribution < -0.4 is 15.5 Å². The molecule has 7 heteroatoms. The van der Waals surface area contributed by atoms with Gasteiger partial charge in [-0.05, 0) is 55.6 Å². The van der Waals surface area contributed by atoms with Gasteiger partial charge in [0.25, 0.3) is 0 Å². The van der Waals surface area contributed by atoms with Crippen molar-refractivity contribution in [2.75, 3.05) is 36.4 Å². The predicted molar refractivity (Wildman–Crippen MR) is 98.1 cm³/mol. The SMILES string of the molecule is c1cc(Nc2ccc3[nH]ncc3c2)nc(N2CC3CNCC(C3)C2)n1. The first-order valence-corrected chi connectivity index (χ1v) is 8.82. The molecule has 2 saturated heterocycles.